The van der Waals surface area contributed by atoms with Crippen molar-refractivity contribution in [3.63, 3.8) is 0 Å². The Kier molecular flexibility index (Phi) is 3.12. The number of hydrogen-bond donors (Lipinski definition) is 2. The lowest BCUT2D eigenvalue weighted by atomic mass is 10.1. The molecular weight excluding hydrogens is 128 g/mol. The third-order valence-electron chi connectivity index (χ3n) is 1.72. The molecular formula is C7H16N2O. The first-order valence-electron chi connectivity index (χ1n) is 3.78. The highest BCUT2D eigenvalue weighted by Crippen LogP contribution is 1.93. The van der Waals surface area contributed by atoms with Gasteiger partial charge in [-0.15, -0.1) is 0 Å². The second kappa shape index (κ2) is 3.91. The van der Waals surface area contributed by atoms with Crippen LogP contribution in [-0.4, -0.2) is 38.9 Å². The van der Waals surface area contributed by atoms with E-state index in [9.17, 15) is 0 Å². The van der Waals surface area contributed by atoms with Gasteiger partial charge in [-0.25, -0.2) is 0 Å². The molecule has 0 bridgehead atoms. The largest absolute Gasteiger partial charge is 0.383 e. The van der Waals surface area contributed by atoms with E-state index in [0.717, 1.165) is 19.7 Å². The van der Waals surface area contributed by atoms with Crippen molar-refractivity contribution in [3.05, 3.63) is 0 Å². The smallest absolute Gasteiger partial charge is 0.0613 e. The van der Waals surface area contributed by atoms with E-state index in [0.29, 0.717) is 12.1 Å². The molecule has 2 N–H and O–H groups in total. The molecule has 60 valence electrons. The number of methoxy groups -OCH3 is 1. The van der Waals surface area contributed by atoms with Crippen LogP contribution in [0.1, 0.15) is 6.92 Å². The van der Waals surface area contributed by atoms with Gasteiger partial charge in [0.05, 0.1) is 6.61 Å². The lowest BCUT2D eigenvalue weighted by Crippen LogP contribution is -2.58. The van der Waals surface area contributed by atoms with Gasteiger partial charge in [-0.1, -0.05) is 0 Å². The Hall–Kier alpha value is -0.120. The monoisotopic (exact) mass is 144 g/mol. The molecule has 1 atom stereocenters. The van der Waals surface area contributed by atoms with Crippen LogP contribution in [0.25, 0.3) is 0 Å². The summed E-state index contributed by atoms with van der Waals surface area (Å²) in [5.41, 5.74) is 0. The number of rotatable bonds is 4. The van der Waals surface area contributed by atoms with Gasteiger partial charge in [0.2, 0.25) is 0 Å². The molecule has 1 aliphatic rings. The van der Waals surface area contributed by atoms with Crippen LogP contribution in [0.4, 0.5) is 0 Å². The van der Waals surface area contributed by atoms with Crippen molar-refractivity contribution >= 4 is 0 Å². The summed E-state index contributed by atoms with van der Waals surface area (Å²) in [4.78, 5) is 0. The van der Waals surface area contributed by atoms with E-state index in [1.54, 1.807) is 7.11 Å². The number of ether oxygens (including phenoxy) is 1. The third kappa shape index (κ3) is 2.25. The van der Waals surface area contributed by atoms with Crippen molar-refractivity contribution in [2.75, 3.05) is 26.8 Å². The Morgan fingerprint density at radius 3 is 2.80 bits per heavy atom. The molecule has 1 fully saturated rings. The summed E-state index contributed by atoms with van der Waals surface area (Å²) in [7, 11) is 1.73. The molecule has 1 aliphatic heterocycles. The normalized spacial score (nSPS) is 22.2. The first-order chi connectivity index (χ1) is 4.83. The van der Waals surface area contributed by atoms with E-state index in [-0.39, 0.29) is 0 Å². The quantitative estimate of drug-likeness (QED) is 0.562. The fraction of sp³-hybridized carbons (Fsp3) is 1.00. The van der Waals surface area contributed by atoms with E-state index >= 15 is 0 Å². The second-order valence-electron chi connectivity index (χ2n) is 2.88. The van der Waals surface area contributed by atoms with Gasteiger partial charge in [0, 0.05) is 32.3 Å². The molecule has 3 heteroatoms. The molecule has 1 saturated heterocycles. The summed E-state index contributed by atoms with van der Waals surface area (Å²) in [6, 6.07) is 1.15. The third-order valence-corrected chi connectivity index (χ3v) is 1.72. The Morgan fingerprint density at radius 1 is 1.70 bits per heavy atom. The van der Waals surface area contributed by atoms with Crippen LogP contribution in [0.2, 0.25) is 0 Å². The average Bonchev–Trinajstić information content (AvgIpc) is 1.80. The van der Waals surface area contributed by atoms with Gasteiger partial charge in [0.25, 0.3) is 0 Å². The highest BCUT2D eigenvalue weighted by Gasteiger charge is 2.17. The van der Waals surface area contributed by atoms with Crippen LogP contribution in [0.15, 0.2) is 0 Å². The van der Waals surface area contributed by atoms with Gasteiger partial charge >= 0.3 is 0 Å². The average molecular weight is 144 g/mol. The summed E-state index contributed by atoms with van der Waals surface area (Å²) in [6.07, 6.45) is 0. The second-order valence-corrected chi connectivity index (χ2v) is 2.88. The van der Waals surface area contributed by atoms with E-state index in [1.165, 1.54) is 0 Å². The fourth-order valence-corrected chi connectivity index (χ4v) is 1.11. The summed E-state index contributed by atoms with van der Waals surface area (Å²) in [6.45, 7) is 5.15. The van der Waals surface area contributed by atoms with Crippen LogP contribution in [-0.2, 0) is 4.74 Å². The lowest BCUT2D eigenvalue weighted by molar-refractivity contribution is 0.160. The highest BCUT2D eigenvalue weighted by molar-refractivity contribution is 4.83. The first-order valence-corrected chi connectivity index (χ1v) is 3.78. The van der Waals surface area contributed by atoms with Crippen molar-refractivity contribution in [1.82, 2.24) is 10.6 Å². The predicted molar refractivity (Wildman–Crippen MR) is 41.1 cm³/mol. The lowest BCUT2D eigenvalue weighted by Gasteiger charge is -2.30. The zero-order chi connectivity index (χ0) is 7.40. The minimum absolute atomic E-state index is 0.483. The van der Waals surface area contributed by atoms with Crippen LogP contribution in [0, 0.1) is 0 Å². The topological polar surface area (TPSA) is 33.3 Å². The molecule has 1 heterocycles. The van der Waals surface area contributed by atoms with Crippen molar-refractivity contribution in [1.29, 1.82) is 0 Å². The molecule has 0 radical (unpaired) electrons. The SMILES string of the molecule is COCC(C)NC1CNC1. The van der Waals surface area contributed by atoms with E-state index in [1.807, 2.05) is 0 Å². The van der Waals surface area contributed by atoms with E-state index in [4.69, 9.17) is 4.74 Å². The molecule has 0 aromatic heterocycles. The number of hydrogen-bond acceptors (Lipinski definition) is 3. The van der Waals surface area contributed by atoms with Crippen LogP contribution in [0.3, 0.4) is 0 Å². The van der Waals surface area contributed by atoms with Gasteiger partial charge in [-0.3, -0.25) is 0 Å². The minimum atomic E-state index is 0.483. The van der Waals surface area contributed by atoms with Crippen LogP contribution < -0.4 is 10.6 Å². The Bertz CT molecular complexity index is 93.6. The standard InChI is InChI=1S/C7H16N2O/c1-6(5-10-2)9-7-3-8-4-7/h6-9H,3-5H2,1-2H3. The molecule has 0 saturated carbocycles. The van der Waals surface area contributed by atoms with Crippen molar-refractivity contribution in [3.8, 4) is 0 Å². The van der Waals surface area contributed by atoms with Gasteiger partial charge in [0.15, 0.2) is 0 Å². The Balaban J connectivity index is 1.99. The zero-order valence-corrected chi connectivity index (χ0v) is 6.68. The summed E-state index contributed by atoms with van der Waals surface area (Å²) < 4.78 is 4.99. The molecule has 3 nitrogen and oxygen atoms in total. The maximum atomic E-state index is 4.99. The van der Waals surface area contributed by atoms with Crippen LogP contribution in [0.5, 0.6) is 0 Å². The molecule has 0 amide bonds. The van der Waals surface area contributed by atoms with Gasteiger partial charge in [-0.2, -0.15) is 0 Å². The van der Waals surface area contributed by atoms with Gasteiger partial charge in [0.1, 0.15) is 0 Å². The number of nitrogens with one attached hydrogen (secondary N) is 2. The fourth-order valence-electron chi connectivity index (χ4n) is 1.11. The molecule has 0 spiro atoms. The summed E-state index contributed by atoms with van der Waals surface area (Å²) in [5, 5.41) is 6.64. The van der Waals surface area contributed by atoms with Crippen molar-refractivity contribution in [2.45, 2.75) is 19.0 Å². The van der Waals surface area contributed by atoms with Gasteiger partial charge in [-0.05, 0) is 6.92 Å². The first kappa shape index (κ1) is 7.98. The summed E-state index contributed by atoms with van der Waals surface area (Å²) >= 11 is 0. The molecule has 0 aromatic carbocycles. The van der Waals surface area contributed by atoms with Crippen molar-refractivity contribution in [2.24, 2.45) is 0 Å². The Labute approximate surface area is 62.1 Å². The summed E-state index contributed by atoms with van der Waals surface area (Å²) in [5.74, 6) is 0. The Morgan fingerprint density at radius 2 is 2.40 bits per heavy atom. The molecule has 0 aromatic rings. The van der Waals surface area contributed by atoms with Crippen LogP contribution >= 0.6 is 0 Å². The van der Waals surface area contributed by atoms with E-state index in [2.05, 4.69) is 17.6 Å². The predicted octanol–water partition coefficient (Wildman–Crippen LogP) is -0.417. The zero-order valence-electron chi connectivity index (χ0n) is 6.68. The van der Waals surface area contributed by atoms with Gasteiger partial charge < -0.3 is 15.4 Å². The molecule has 0 aliphatic carbocycles. The molecule has 1 rings (SSSR count). The molecule has 10 heavy (non-hydrogen) atoms. The van der Waals surface area contributed by atoms with E-state index < -0.39 is 0 Å². The maximum absolute atomic E-state index is 4.99. The van der Waals surface area contributed by atoms with Crippen molar-refractivity contribution < 1.29 is 4.74 Å². The maximum Gasteiger partial charge on any atom is 0.0613 e. The minimum Gasteiger partial charge on any atom is -0.383 e. The molecule has 1 unspecified atom stereocenters. The highest BCUT2D eigenvalue weighted by atomic mass is 16.5.